The second-order valence-corrected chi connectivity index (χ2v) is 8.04. The second-order valence-electron chi connectivity index (χ2n) is 6.96. The first-order valence-corrected chi connectivity index (χ1v) is 10.2. The number of hydrogen-bond acceptors (Lipinski definition) is 3. The molecule has 0 N–H and O–H groups in total. The van der Waals surface area contributed by atoms with Gasteiger partial charge in [-0.25, -0.2) is 0 Å². The van der Waals surface area contributed by atoms with Crippen LogP contribution in [0.1, 0.15) is 52.9 Å². The Hall–Kier alpha value is -0.200. The zero-order valence-corrected chi connectivity index (χ0v) is 16.7. The number of halogens is 1. The van der Waals surface area contributed by atoms with Crippen molar-refractivity contribution >= 4 is 28.4 Å². The molecule has 1 aliphatic carbocycles. The molecular formula is C19H29IO3. The normalized spacial score (nSPS) is 33.0. The lowest BCUT2D eigenvalue weighted by molar-refractivity contribution is -0.130. The van der Waals surface area contributed by atoms with Gasteiger partial charge in [0.05, 0.1) is 13.2 Å². The minimum absolute atomic E-state index is 0.0598. The highest BCUT2D eigenvalue weighted by Crippen LogP contribution is 2.40. The highest BCUT2D eigenvalue weighted by molar-refractivity contribution is 14.1. The molecule has 0 aromatic heterocycles. The molecule has 1 saturated heterocycles. The van der Waals surface area contributed by atoms with Crippen LogP contribution in [0.3, 0.4) is 0 Å². The van der Waals surface area contributed by atoms with Crippen LogP contribution in [-0.2, 0) is 14.3 Å². The van der Waals surface area contributed by atoms with Gasteiger partial charge in [-0.05, 0) is 50.5 Å². The first kappa shape index (κ1) is 19.1. The van der Waals surface area contributed by atoms with Crippen LogP contribution >= 0.6 is 22.6 Å². The summed E-state index contributed by atoms with van der Waals surface area (Å²) in [7, 11) is 0. The summed E-state index contributed by atoms with van der Waals surface area (Å²) in [6.45, 7) is 7.45. The summed E-state index contributed by atoms with van der Waals surface area (Å²) < 4.78 is 12.9. The van der Waals surface area contributed by atoms with E-state index in [0.717, 1.165) is 36.5 Å². The molecular weight excluding hydrogens is 403 g/mol. The average Bonchev–Trinajstić information content (AvgIpc) is 2.98. The Bertz CT molecular complexity index is 477. The fraction of sp³-hybridized carbons (Fsp3) is 0.737. The lowest BCUT2D eigenvalue weighted by atomic mass is 9.70. The summed E-state index contributed by atoms with van der Waals surface area (Å²) in [5.41, 5.74) is 1.12. The largest absolute Gasteiger partial charge is 0.344 e. The van der Waals surface area contributed by atoms with Crippen LogP contribution in [0.4, 0.5) is 0 Å². The quantitative estimate of drug-likeness (QED) is 0.362. The Morgan fingerprint density at radius 3 is 2.61 bits per heavy atom. The van der Waals surface area contributed by atoms with Gasteiger partial charge in [-0.1, -0.05) is 47.7 Å². The van der Waals surface area contributed by atoms with Gasteiger partial charge in [-0.3, -0.25) is 4.79 Å². The maximum atomic E-state index is 12.2. The molecule has 23 heavy (non-hydrogen) atoms. The van der Waals surface area contributed by atoms with Gasteiger partial charge in [0.25, 0.3) is 0 Å². The minimum atomic E-state index is -0.514. The molecule has 1 spiro atoms. The molecule has 130 valence electrons. The van der Waals surface area contributed by atoms with E-state index >= 15 is 0 Å². The maximum Gasteiger partial charge on any atom is 0.190 e. The molecule has 0 unspecified atom stereocenters. The number of ether oxygens (including phenoxy) is 2. The van der Waals surface area contributed by atoms with E-state index in [1.807, 2.05) is 0 Å². The monoisotopic (exact) mass is 432 g/mol. The zero-order valence-electron chi connectivity index (χ0n) is 14.6. The molecule has 2 atom stereocenters. The van der Waals surface area contributed by atoms with Gasteiger partial charge >= 0.3 is 0 Å². The third kappa shape index (κ3) is 4.45. The maximum absolute atomic E-state index is 12.2. The van der Waals surface area contributed by atoms with Gasteiger partial charge in [0.15, 0.2) is 5.79 Å². The van der Waals surface area contributed by atoms with E-state index in [1.54, 1.807) is 6.92 Å². The lowest BCUT2D eigenvalue weighted by Gasteiger charge is -2.35. The number of allylic oxidation sites excluding steroid dienone is 3. The van der Waals surface area contributed by atoms with Gasteiger partial charge in [-0.2, -0.15) is 0 Å². The third-order valence-corrected chi connectivity index (χ3v) is 5.93. The standard InChI is InChI=1S/C19H29IO3/c1-15-7-6-10-18(3,17(8-12-20)16(2)21)9-4-5-11-19(15)22-13-14-23-19/h4,7,9,17H,5-6,8,10-14H2,1-3H3/b9-4+,15-7+/t17-,18+/m0/s1. The lowest BCUT2D eigenvalue weighted by Crippen LogP contribution is -2.33. The van der Waals surface area contributed by atoms with Crippen molar-refractivity contribution < 1.29 is 14.3 Å². The first-order chi connectivity index (χ1) is 10.9. The molecule has 2 aliphatic rings. The summed E-state index contributed by atoms with van der Waals surface area (Å²) in [5, 5.41) is 0. The van der Waals surface area contributed by atoms with Crippen molar-refractivity contribution in [3.8, 4) is 0 Å². The van der Waals surface area contributed by atoms with E-state index in [2.05, 4.69) is 54.7 Å². The summed E-state index contributed by atoms with van der Waals surface area (Å²) in [6, 6.07) is 0. The van der Waals surface area contributed by atoms with Crippen LogP contribution in [0.15, 0.2) is 23.8 Å². The van der Waals surface area contributed by atoms with Crippen LogP contribution < -0.4 is 0 Å². The highest BCUT2D eigenvalue weighted by atomic mass is 127. The molecule has 1 fully saturated rings. The minimum Gasteiger partial charge on any atom is -0.344 e. The van der Waals surface area contributed by atoms with E-state index in [9.17, 15) is 4.79 Å². The van der Waals surface area contributed by atoms with Crippen molar-refractivity contribution in [2.45, 2.75) is 58.7 Å². The van der Waals surface area contributed by atoms with Crippen LogP contribution in [0.2, 0.25) is 0 Å². The summed E-state index contributed by atoms with van der Waals surface area (Å²) in [6.07, 6.45) is 11.4. The number of ketones is 1. The molecule has 3 nitrogen and oxygen atoms in total. The van der Waals surface area contributed by atoms with Gasteiger partial charge < -0.3 is 9.47 Å². The van der Waals surface area contributed by atoms with E-state index in [4.69, 9.17) is 9.47 Å². The van der Waals surface area contributed by atoms with E-state index < -0.39 is 5.79 Å². The number of carbonyl (C=O) groups excluding carboxylic acids is 1. The fourth-order valence-corrected chi connectivity index (χ4v) is 4.51. The van der Waals surface area contributed by atoms with Crippen molar-refractivity contribution in [2.75, 3.05) is 17.6 Å². The number of Topliss-reactive ketones (excluding diaryl/α,β-unsaturated/α-hetero) is 1. The molecule has 0 aromatic carbocycles. The second kappa shape index (κ2) is 8.26. The van der Waals surface area contributed by atoms with Gasteiger partial charge in [0.2, 0.25) is 0 Å². The molecule has 0 aromatic rings. The topological polar surface area (TPSA) is 35.5 Å². The molecule has 1 heterocycles. The predicted octanol–water partition coefficient (Wildman–Crippen LogP) is 4.84. The van der Waals surface area contributed by atoms with Crippen molar-refractivity contribution in [3.63, 3.8) is 0 Å². The Balaban J connectivity index is 2.20. The summed E-state index contributed by atoms with van der Waals surface area (Å²) in [5.74, 6) is -0.0949. The van der Waals surface area contributed by atoms with Crippen LogP contribution in [-0.4, -0.2) is 29.2 Å². The molecule has 0 bridgehead atoms. The molecule has 0 radical (unpaired) electrons. The van der Waals surface area contributed by atoms with Gasteiger partial charge in [0, 0.05) is 16.8 Å². The number of hydrogen-bond donors (Lipinski definition) is 0. The highest BCUT2D eigenvalue weighted by Gasteiger charge is 2.39. The van der Waals surface area contributed by atoms with Gasteiger partial charge in [-0.15, -0.1) is 0 Å². The SMILES string of the molecule is CC(=O)[C@H](CCI)[C@]1(C)/C=C/CCC2(OCCO2)/C(C)=C/CC1. The average molecular weight is 432 g/mol. The molecule has 0 amide bonds. The molecule has 0 saturated carbocycles. The van der Waals surface area contributed by atoms with Crippen LogP contribution in [0.25, 0.3) is 0 Å². The molecule has 2 rings (SSSR count). The predicted molar refractivity (Wildman–Crippen MR) is 102 cm³/mol. The Labute approximate surface area is 154 Å². The van der Waals surface area contributed by atoms with E-state index in [0.29, 0.717) is 19.0 Å². The van der Waals surface area contributed by atoms with E-state index in [-0.39, 0.29) is 11.3 Å². The summed E-state index contributed by atoms with van der Waals surface area (Å²) in [4.78, 5) is 12.2. The fourth-order valence-electron chi connectivity index (χ4n) is 3.89. The van der Waals surface area contributed by atoms with Crippen molar-refractivity contribution in [1.82, 2.24) is 0 Å². The Kier molecular flexibility index (Phi) is 6.87. The number of carbonyl (C=O) groups is 1. The van der Waals surface area contributed by atoms with Gasteiger partial charge in [0.1, 0.15) is 5.78 Å². The van der Waals surface area contributed by atoms with Crippen LogP contribution in [0, 0.1) is 11.3 Å². The zero-order chi connectivity index (χ0) is 16.9. The number of rotatable bonds is 4. The van der Waals surface area contributed by atoms with Crippen molar-refractivity contribution in [1.29, 1.82) is 0 Å². The summed E-state index contributed by atoms with van der Waals surface area (Å²) >= 11 is 2.37. The first-order valence-electron chi connectivity index (χ1n) is 8.63. The van der Waals surface area contributed by atoms with E-state index in [1.165, 1.54) is 5.57 Å². The molecule has 1 aliphatic heterocycles. The smallest absolute Gasteiger partial charge is 0.190 e. The van der Waals surface area contributed by atoms with Crippen molar-refractivity contribution in [2.24, 2.45) is 11.3 Å². The van der Waals surface area contributed by atoms with Crippen LogP contribution in [0.5, 0.6) is 0 Å². The number of alkyl halides is 1. The third-order valence-electron chi connectivity index (χ3n) is 5.31. The molecule has 4 heteroatoms. The van der Waals surface area contributed by atoms with Crippen molar-refractivity contribution in [3.05, 3.63) is 23.8 Å². The Morgan fingerprint density at radius 2 is 2.00 bits per heavy atom. The Morgan fingerprint density at radius 1 is 1.30 bits per heavy atom.